The predicted molar refractivity (Wildman–Crippen MR) is 94.2 cm³/mol. The van der Waals surface area contributed by atoms with Crippen molar-refractivity contribution in [3.63, 3.8) is 0 Å². The molecule has 1 aromatic carbocycles. The third-order valence-electron chi connectivity index (χ3n) is 4.17. The summed E-state index contributed by atoms with van der Waals surface area (Å²) in [5.74, 6) is 0.717. The molecule has 1 aliphatic rings. The van der Waals surface area contributed by atoms with Crippen LogP contribution in [0.25, 0.3) is 0 Å². The van der Waals surface area contributed by atoms with Crippen LogP contribution in [0.1, 0.15) is 35.8 Å². The zero-order chi connectivity index (χ0) is 17.2. The zero-order valence-electron chi connectivity index (χ0n) is 13.5. The summed E-state index contributed by atoms with van der Waals surface area (Å²) in [5.41, 5.74) is 1.64. The van der Waals surface area contributed by atoms with Gasteiger partial charge in [0.2, 0.25) is 0 Å². The van der Waals surface area contributed by atoms with E-state index in [1.54, 1.807) is 0 Å². The van der Waals surface area contributed by atoms with Crippen molar-refractivity contribution in [3.8, 4) is 0 Å². The van der Waals surface area contributed by atoms with Gasteiger partial charge in [0.1, 0.15) is 10.7 Å². The van der Waals surface area contributed by atoms with E-state index in [9.17, 15) is 8.42 Å². The molecule has 24 heavy (non-hydrogen) atoms. The lowest BCUT2D eigenvalue weighted by atomic mass is 9.96. The Morgan fingerprint density at radius 1 is 1.38 bits per heavy atom. The van der Waals surface area contributed by atoms with Gasteiger partial charge in [-0.1, -0.05) is 23.7 Å². The van der Waals surface area contributed by atoms with Crippen molar-refractivity contribution in [2.75, 3.05) is 19.3 Å². The normalized spacial score (nSPS) is 18.5. The summed E-state index contributed by atoms with van der Waals surface area (Å²) in [4.78, 5) is 9.13. The van der Waals surface area contributed by atoms with Crippen molar-refractivity contribution in [1.82, 2.24) is 15.3 Å². The van der Waals surface area contributed by atoms with E-state index < -0.39 is 9.84 Å². The third kappa shape index (κ3) is 4.12. The number of piperidine rings is 1. The summed E-state index contributed by atoms with van der Waals surface area (Å²) in [6.45, 7) is 1.71. The lowest BCUT2D eigenvalue weighted by Gasteiger charge is -2.24. The van der Waals surface area contributed by atoms with Crippen molar-refractivity contribution in [2.45, 2.75) is 30.1 Å². The molecular weight excluding hydrogens is 346 g/mol. The number of nitrogens with one attached hydrogen (secondary N) is 1. The fourth-order valence-corrected chi connectivity index (χ4v) is 4.05. The number of benzene rings is 1. The number of rotatable bonds is 4. The van der Waals surface area contributed by atoms with E-state index in [2.05, 4.69) is 15.3 Å². The van der Waals surface area contributed by atoms with E-state index in [1.807, 2.05) is 24.3 Å². The van der Waals surface area contributed by atoms with Crippen LogP contribution in [0.3, 0.4) is 0 Å². The smallest absolute Gasteiger partial charge is 0.178 e. The first-order valence-corrected chi connectivity index (χ1v) is 10.2. The summed E-state index contributed by atoms with van der Waals surface area (Å²) in [6, 6.07) is 7.53. The van der Waals surface area contributed by atoms with Crippen LogP contribution < -0.4 is 5.32 Å². The molecule has 1 saturated heterocycles. The molecule has 128 valence electrons. The average Bonchev–Trinajstić information content (AvgIpc) is 2.55. The second kappa shape index (κ2) is 7.17. The molecule has 0 saturated carbocycles. The fraction of sp³-hybridized carbons (Fsp3) is 0.412. The zero-order valence-corrected chi connectivity index (χ0v) is 15.1. The van der Waals surface area contributed by atoms with Crippen molar-refractivity contribution >= 4 is 21.4 Å². The summed E-state index contributed by atoms with van der Waals surface area (Å²) < 4.78 is 24.2. The van der Waals surface area contributed by atoms with Crippen LogP contribution in [0.15, 0.2) is 35.4 Å². The SMILES string of the molecule is CS(=O)(=O)c1cnc(Cc2cccc(Cl)c2)nc1C1CCCNC1. The molecule has 7 heteroatoms. The topological polar surface area (TPSA) is 72.0 Å². The van der Waals surface area contributed by atoms with Crippen LogP contribution in [0.4, 0.5) is 0 Å². The maximum Gasteiger partial charge on any atom is 0.178 e. The van der Waals surface area contributed by atoms with Gasteiger partial charge < -0.3 is 5.32 Å². The maximum absolute atomic E-state index is 12.1. The molecule has 2 heterocycles. The molecule has 1 fully saturated rings. The van der Waals surface area contributed by atoms with Gasteiger partial charge in [-0.15, -0.1) is 0 Å². The molecule has 1 aromatic heterocycles. The Morgan fingerprint density at radius 2 is 2.21 bits per heavy atom. The number of aromatic nitrogens is 2. The van der Waals surface area contributed by atoms with Crippen molar-refractivity contribution in [1.29, 1.82) is 0 Å². The van der Waals surface area contributed by atoms with Gasteiger partial charge in [0.25, 0.3) is 0 Å². The molecule has 1 N–H and O–H groups in total. The van der Waals surface area contributed by atoms with Crippen molar-refractivity contribution in [2.24, 2.45) is 0 Å². The largest absolute Gasteiger partial charge is 0.316 e. The molecule has 0 bridgehead atoms. The number of nitrogens with zero attached hydrogens (tertiary/aromatic N) is 2. The van der Waals surface area contributed by atoms with Crippen LogP contribution in [0.5, 0.6) is 0 Å². The highest BCUT2D eigenvalue weighted by Gasteiger charge is 2.25. The first-order valence-electron chi connectivity index (χ1n) is 7.94. The second-order valence-corrected chi connectivity index (χ2v) is 8.58. The highest BCUT2D eigenvalue weighted by Crippen LogP contribution is 2.27. The number of hydrogen-bond acceptors (Lipinski definition) is 5. The summed E-state index contributed by atoms with van der Waals surface area (Å²) in [7, 11) is -3.35. The van der Waals surface area contributed by atoms with Gasteiger partial charge in [-0.25, -0.2) is 18.4 Å². The average molecular weight is 366 g/mol. The van der Waals surface area contributed by atoms with E-state index in [0.717, 1.165) is 31.5 Å². The molecule has 0 spiro atoms. The lowest BCUT2D eigenvalue weighted by Crippen LogP contribution is -2.30. The fourth-order valence-electron chi connectivity index (χ4n) is 3.00. The van der Waals surface area contributed by atoms with Crippen molar-refractivity contribution < 1.29 is 8.42 Å². The number of sulfone groups is 1. The Hall–Kier alpha value is -1.50. The van der Waals surface area contributed by atoms with Crippen LogP contribution in [-0.4, -0.2) is 37.7 Å². The Balaban J connectivity index is 1.97. The minimum Gasteiger partial charge on any atom is -0.316 e. The van der Waals surface area contributed by atoms with E-state index in [-0.39, 0.29) is 10.8 Å². The van der Waals surface area contributed by atoms with Crippen LogP contribution in [0, 0.1) is 0 Å². The summed E-state index contributed by atoms with van der Waals surface area (Å²) >= 11 is 6.02. The monoisotopic (exact) mass is 365 g/mol. The number of halogens is 1. The number of hydrogen-bond donors (Lipinski definition) is 1. The van der Waals surface area contributed by atoms with Crippen LogP contribution >= 0.6 is 11.6 Å². The molecule has 3 rings (SSSR count). The minimum absolute atomic E-state index is 0.101. The van der Waals surface area contributed by atoms with Gasteiger partial charge in [0.05, 0.1) is 5.69 Å². The van der Waals surface area contributed by atoms with Gasteiger partial charge in [0.15, 0.2) is 9.84 Å². The van der Waals surface area contributed by atoms with Gasteiger partial charge >= 0.3 is 0 Å². The van der Waals surface area contributed by atoms with E-state index in [1.165, 1.54) is 12.5 Å². The molecular formula is C17H20ClN3O2S. The van der Waals surface area contributed by atoms with E-state index in [4.69, 9.17) is 11.6 Å². The molecule has 0 aliphatic carbocycles. The van der Waals surface area contributed by atoms with E-state index >= 15 is 0 Å². The standard InChI is InChI=1S/C17H20ClN3O2S/c1-24(22,23)15-11-20-16(9-12-4-2-6-14(18)8-12)21-17(15)13-5-3-7-19-10-13/h2,4,6,8,11,13,19H,3,5,7,9-10H2,1H3. The van der Waals surface area contributed by atoms with E-state index in [0.29, 0.717) is 23.0 Å². The maximum atomic E-state index is 12.1. The molecule has 2 aromatic rings. The van der Waals surface area contributed by atoms with Gasteiger partial charge in [-0.05, 0) is 37.1 Å². The molecule has 1 atom stereocenters. The Labute approximate surface area is 147 Å². The van der Waals surface area contributed by atoms with Crippen LogP contribution in [-0.2, 0) is 16.3 Å². The Bertz CT molecular complexity index is 833. The highest BCUT2D eigenvalue weighted by molar-refractivity contribution is 7.90. The van der Waals surface area contributed by atoms with Crippen LogP contribution in [0.2, 0.25) is 5.02 Å². The van der Waals surface area contributed by atoms with Gasteiger partial charge in [-0.2, -0.15) is 0 Å². The lowest BCUT2D eigenvalue weighted by molar-refractivity contribution is 0.446. The first kappa shape index (κ1) is 17.3. The van der Waals surface area contributed by atoms with Gasteiger partial charge in [-0.3, -0.25) is 0 Å². The highest BCUT2D eigenvalue weighted by atomic mass is 35.5. The summed E-state index contributed by atoms with van der Waals surface area (Å²) in [5, 5.41) is 3.98. The summed E-state index contributed by atoms with van der Waals surface area (Å²) in [6.07, 6.45) is 5.14. The second-order valence-electron chi connectivity index (χ2n) is 6.16. The molecule has 1 aliphatic heterocycles. The Morgan fingerprint density at radius 3 is 2.88 bits per heavy atom. The Kier molecular flexibility index (Phi) is 5.18. The minimum atomic E-state index is -3.35. The van der Waals surface area contributed by atoms with Crippen molar-refractivity contribution in [3.05, 3.63) is 52.6 Å². The quantitative estimate of drug-likeness (QED) is 0.901. The first-order chi connectivity index (χ1) is 11.4. The molecule has 0 radical (unpaired) electrons. The molecule has 5 nitrogen and oxygen atoms in total. The molecule has 0 amide bonds. The van der Waals surface area contributed by atoms with Gasteiger partial charge in [0, 0.05) is 36.4 Å². The third-order valence-corrected chi connectivity index (χ3v) is 5.52. The molecule has 1 unspecified atom stereocenters. The predicted octanol–water partition coefficient (Wildman–Crippen LogP) is 2.59.